The van der Waals surface area contributed by atoms with E-state index in [2.05, 4.69) is 27.0 Å². The second-order valence-electron chi connectivity index (χ2n) is 8.84. The SMILES string of the molecule is C=CC(=O)N1CC=C(c2cnc(CNc3nc(N4CCOCC4)nc4c3ncn4-c3cnn(C(F)F)c3)s2)C1. The number of morpholine rings is 1. The van der Waals surface area contributed by atoms with Gasteiger partial charge in [-0.15, -0.1) is 11.3 Å². The number of aromatic nitrogens is 7. The quantitative estimate of drug-likeness (QED) is 0.328. The van der Waals surface area contributed by atoms with E-state index in [0.717, 1.165) is 15.5 Å². The Morgan fingerprint density at radius 1 is 1.23 bits per heavy atom. The molecule has 0 spiro atoms. The number of nitrogens with zero attached hydrogens (tertiary/aromatic N) is 9. The van der Waals surface area contributed by atoms with Crippen LogP contribution in [0.1, 0.15) is 16.4 Å². The molecule has 202 valence electrons. The fourth-order valence-corrected chi connectivity index (χ4v) is 5.28. The number of carbonyl (C=O) groups excluding carboxylic acids is 1. The summed E-state index contributed by atoms with van der Waals surface area (Å²) < 4.78 is 33.9. The molecule has 0 aromatic carbocycles. The van der Waals surface area contributed by atoms with Gasteiger partial charge in [0.2, 0.25) is 11.9 Å². The smallest absolute Gasteiger partial charge is 0.333 e. The maximum absolute atomic E-state index is 13.1. The highest BCUT2D eigenvalue weighted by atomic mass is 32.1. The summed E-state index contributed by atoms with van der Waals surface area (Å²) in [5.41, 5.74) is 2.42. The van der Waals surface area contributed by atoms with Gasteiger partial charge < -0.3 is 19.9 Å². The number of nitrogens with one attached hydrogen (secondary N) is 1. The number of hydrogen-bond donors (Lipinski definition) is 1. The van der Waals surface area contributed by atoms with Crippen molar-refractivity contribution < 1.29 is 18.3 Å². The monoisotopic (exact) mass is 554 g/mol. The lowest BCUT2D eigenvalue weighted by Gasteiger charge is -2.27. The highest BCUT2D eigenvalue weighted by Crippen LogP contribution is 2.29. The van der Waals surface area contributed by atoms with Gasteiger partial charge in [-0.2, -0.15) is 23.8 Å². The van der Waals surface area contributed by atoms with Gasteiger partial charge in [0.1, 0.15) is 11.3 Å². The summed E-state index contributed by atoms with van der Waals surface area (Å²) >= 11 is 1.53. The average molecular weight is 555 g/mol. The zero-order valence-electron chi connectivity index (χ0n) is 20.7. The number of alkyl halides is 2. The normalized spacial score (nSPS) is 15.8. The van der Waals surface area contributed by atoms with Crippen LogP contribution < -0.4 is 10.2 Å². The molecule has 4 aromatic heterocycles. The molecule has 4 aromatic rings. The molecular weight excluding hydrogens is 530 g/mol. The Morgan fingerprint density at radius 3 is 2.85 bits per heavy atom. The van der Waals surface area contributed by atoms with E-state index in [0.29, 0.717) is 79.2 Å². The van der Waals surface area contributed by atoms with Crippen LogP contribution in [0.3, 0.4) is 0 Å². The van der Waals surface area contributed by atoms with Crippen LogP contribution in [-0.4, -0.2) is 84.5 Å². The van der Waals surface area contributed by atoms with E-state index in [4.69, 9.17) is 14.7 Å². The lowest BCUT2D eigenvalue weighted by molar-refractivity contribution is -0.124. The summed E-state index contributed by atoms with van der Waals surface area (Å²) in [7, 11) is 0. The van der Waals surface area contributed by atoms with Crippen LogP contribution in [0.25, 0.3) is 22.4 Å². The van der Waals surface area contributed by atoms with Gasteiger partial charge in [0, 0.05) is 32.4 Å². The number of anilines is 2. The van der Waals surface area contributed by atoms with Crippen molar-refractivity contribution in [1.82, 2.24) is 39.2 Å². The minimum Gasteiger partial charge on any atom is -0.378 e. The van der Waals surface area contributed by atoms with E-state index < -0.39 is 6.55 Å². The molecule has 6 heterocycles. The fraction of sp³-hybridized carbons (Fsp3) is 0.333. The zero-order valence-corrected chi connectivity index (χ0v) is 21.5. The Kier molecular flexibility index (Phi) is 6.74. The van der Waals surface area contributed by atoms with Gasteiger partial charge in [0.25, 0.3) is 0 Å². The Hall–Kier alpha value is -4.24. The van der Waals surface area contributed by atoms with E-state index in [9.17, 15) is 13.6 Å². The molecule has 2 aliphatic heterocycles. The molecule has 1 N–H and O–H groups in total. The molecule has 0 saturated carbocycles. The number of thiazole rings is 1. The molecule has 39 heavy (non-hydrogen) atoms. The van der Waals surface area contributed by atoms with Crippen LogP contribution in [0.2, 0.25) is 0 Å². The number of imidazole rings is 1. The van der Waals surface area contributed by atoms with E-state index in [1.165, 1.54) is 36.1 Å². The number of amides is 1. The number of carbonyl (C=O) groups is 1. The summed E-state index contributed by atoms with van der Waals surface area (Å²) in [6, 6.07) is 0. The van der Waals surface area contributed by atoms with Gasteiger partial charge in [-0.3, -0.25) is 9.36 Å². The number of fused-ring (bicyclic) bond motifs is 1. The van der Waals surface area contributed by atoms with Crippen molar-refractivity contribution in [1.29, 1.82) is 0 Å². The van der Waals surface area contributed by atoms with Crippen LogP contribution in [0, 0.1) is 0 Å². The lowest BCUT2D eigenvalue weighted by Crippen LogP contribution is -2.37. The minimum absolute atomic E-state index is 0.0995. The first-order chi connectivity index (χ1) is 19.0. The Labute approximate surface area is 225 Å². The van der Waals surface area contributed by atoms with Crippen molar-refractivity contribution in [3.63, 3.8) is 0 Å². The molecule has 6 rings (SSSR count). The number of halogens is 2. The standard InChI is InChI=1S/C24H24F2N10O2S/c1-2-19(37)34-4-3-15(12-34)17-10-27-18(39-17)11-28-21-20-22(32-24(31-21)33-5-7-38-8-6-33)35(14-29-20)16-9-30-36(13-16)23(25)26/h2-3,9-10,13-14,23H,1,4-8,11-12H2,(H,28,31,32). The Balaban J connectivity index is 1.27. The van der Waals surface area contributed by atoms with E-state index in [1.54, 1.807) is 15.7 Å². The predicted octanol–water partition coefficient (Wildman–Crippen LogP) is 2.72. The summed E-state index contributed by atoms with van der Waals surface area (Å²) in [5.74, 6) is 0.887. The average Bonchev–Trinajstić information content (AvgIpc) is 3.77. The van der Waals surface area contributed by atoms with E-state index in [1.807, 2.05) is 11.0 Å². The molecule has 0 unspecified atom stereocenters. The van der Waals surface area contributed by atoms with Crippen LogP contribution in [-0.2, 0) is 16.1 Å². The second-order valence-corrected chi connectivity index (χ2v) is 9.95. The molecule has 0 radical (unpaired) electrons. The van der Waals surface area contributed by atoms with Crippen molar-refractivity contribution >= 4 is 45.7 Å². The molecule has 12 nitrogen and oxygen atoms in total. The summed E-state index contributed by atoms with van der Waals surface area (Å²) in [6.45, 7) is 4.61. The Bertz CT molecular complexity index is 1560. The van der Waals surface area contributed by atoms with Crippen molar-refractivity contribution in [3.05, 3.63) is 53.5 Å². The van der Waals surface area contributed by atoms with Crippen molar-refractivity contribution in [2.24, 2.45) is 0 Å². The van der Waals surface area contributed by atoms with Gasteiger partial charge in [-0.1, -0.05) is 12.7 Å². The van der Waals surface area contributed by atoms with Crippen molar-refractivity contribution in [2.75, 3.05) is 49.6 Å². The molecule has 1 saturated heterocycles. The highest BCUT2D eigenvalue weighted by Gasteiger charge is 2.22. The number of ether oxygens (including phenoxy) is 1. The van der Waals surface area contributed by atoms with Crippen LogP contribution >= 0.6 is 11.3 Å². The predicted molar refractivity (Wildman–Crippen MR) is 141 cm³/mol. The topological polar surface area (TPSA) is 119 Å². The first-order valence-electron chi connectivity index (χ1n) is 12.2. The number of rotatable bonds is 8. The van der Waals surface area contributed by atoms with Crippen LogP contribution in [0.5, 0.6) is 0 Å². The molecule has 0 aliphatic carbocycles. The molecule has 1 amide bonds. The third kappa shape index (κ3) is 4.97. The first-order valence-corrected chi connectivity index (χ1v) is 13.0. The maximum atomic E-state index is 13.1. The van der Waals surface area contributed by atoms with Gasteiger partial charge in [-0.25, -0.2) is 14.6 Å². The Morgan fingerprint density at radius 2 is 2.08 bits per heavy atom. The number of hydrogen-bond acceptors (Lipinski definition) is 10. The van der Waals surface area contributed by atoms with Gasteiger partial charge >= 0.3 is 6.55 Å². The van der Waals surface area contributed by atoms with Crippen LogP contribution in [0.4, 0.5) is 20.5 Å². The summed E-state index contributed by atoms with van der Waals surface area (Å²) in [4.78, 5) is 35.1. The highest BCUT2D eigenvalue weighted by molar-refractivity contribution is 7.12. The van der Waals surface area contributed by atoms with Gasteiger partial charge in [0.15, 0.2) is 17.0 Å². The first kappa shape index (κ1) is 25.1. The molecular formula is C24H24F2N10O2S. The molecule has 2 aliphatic rings. The van der Waals surface area contributed by atoms with E-state index >= 15 is 0 Å². The van der Waals surface area contributed by atoms with E-state index in [-0.39, 0.29) is 5.91 Å². The molecule has 15 heteroatoms. The zero-order chi connectivity index (χ0) is 26.9. The summed E-state index contributed by atoms with van der Waals surface area (Å²) in [6.07, 6.45) is 9.25. The molecule has 1 fully saturated rings. The largest absolute Gasteiger partial charge is 0.378 e. The van der Waals surface area contributed by atoms with Gasteiger partial charge in [-0.05, 0) is 11.6 Å². The third-order valence-electron chi connectivity index (χ3n) is 6.43. The second kappa shape index (κ2) is 10.5. The maximum Gasteiger partial charge on any atom is 0.333 e. The molecule has 0 bridgehead atoms. The lowest BCUT2D eigenvalue weighted by atomic mass is 10.2. The summed E-state index contributed by atoms with van der Waals surface area (Å²) in [5, 5.41) is 7.90. The van der Waals surface area contributed by atoms with Gasteiger partial charge in [0.05, 0.1) is 42.7 Å². The van der Waals surface area contributed by atoms with Crippen molar-refractivity contribution in [3.8, 4) is 5.69 Å². The van der Waals surface area contributed by atoms with Crippen LogP contribution in [0.15, 0.2) is 43.6 Å². The minimum atomic E-state index is -2.75. The third-order valence-corrected chi connectivity index (χ3v) is 7.50. The molecule has 0 atom stereocenters. The fourth-order valence-electron chi connectivity index (χ4n) is 4.40. The van der Waals surface area contributed by atoms with Crippen molar-refractivity contribution in [2.45, 2.75) is 13.1 Å².